The van der Waals surface area contributed by atoms with Crippen molar-refractivity contribution in [3.63, 3.8) is 0 Å². The van der Waals surface area contributed by atoms with E-state index in [0.29, 0.717) is 0 Å². The van der Waals surface area contributed by atoms with Crippen LogP contribution in [0.1, 0.15) is 33.2 Å². The zero-order valence-corrected chi connectivity index (χ0v) is 13.3. The first-order valence-electron chi connectivity index (χ1n) is 6.68. The van der Waals surface area contributed by atoms with Crippen molar-refractivity contribution in [2.24, 2.45) is 0 Å². The molecule has 0 unspecified atom stereocenters. The van der Waals surface area contributed by atoms with E-state index >= 15 is 0 Å². The summed E-state index contributed by atoms with van der Waals surface area (Å²) in [5.41, 5.74) is 0.720. The number of ketones is 1. The first-order chi connectivity index (χ1) is 10.7. The van der Waals surface area contributed by atoms with E-state index in [1.165, 1.54) is 31.2 Å². The molecule has 0 heterocycles. The number of rotatable bonds is 5. The molecule has 2 rings (SSSR count). The second-order valence-electron chi connectivity index (χ2n) is 5.04. The maximum Gasteiger partial charge on any atom is 0.337 e. The van der Waals surface area contributed by atoms with Crippen molar-refractivity contribution in [2.75, 3.05) is 4.72 Å². The van der Waals surface area contributed by atoms with Crippen molar-refractivity contribution in [3.05, 3.63) is 59.2 Å². The minimum absolute atomic E-state index is 0.0232. The molecule has 2 aromatic carbocycles. The lowest BCUT2D eigenvalue weighted by Gasteiger charge is -2.11. The fraction of sp³-hybridized carbons (Fsp3) is 0.125. The molecule has 0 bridgehead atoms. The van der Waals surface area contributed by atoms with Crippen molar-refractivity contribution in [2.45, 2.75) is 18.7 Å². The fourth-order valence-corrected chi connectivity index (χ4v) is 3.03. The predicted molar refractivity (Wildman–Crippen MR) is 85.4 cm³/mol. The van der Waals surface area contributed by atoms with Gasteiger partial charge in [-0.05, 0) is 44.2 Å². The Morgan fingerprint density at radius 2 is 1.65 bits per heavy atom. The van der Waals surface area contributed by atoms with Gasteiger partial charge in [0.15, 0.2) is 5.78 Å². The van der Waals surface area contributed by atoms with Gasteiger partial charge < -0.3 is 5.11 Å². The summed E-state index contributed by atoms with van der Waals surface area (Å²) in [6.07, 6.45) is 0. The highest BCUT2D eigenvalue weighted by atomic mass is 32.2. The predicted octanol–water partition coefficient (Wildman–Crippen LogP) is 2.70. The zero-order chi connectivity index (χ0) is 17.2. The number of carboxylic acids is 1. The number of Topliss-reactive ketones (excluding diaryl/α,β-unsaturated/α-hetero) is 1. The van der Waals surface area contributed by atoms with Crippen molar-refractivity contribution in [1.82, 2.24) is 0 Å². The Balaban J connectivity index is 2.44. The molecule has 23 heavy (non-hydrogen) atoms. The Labute approximate surface area is 133 Å². The second kappa shape index (κ2) is 6.21. The van der Waals surface area contributed by atoms with Crippen molar-refractivity contribution < 1.29 is 23.1 Å². The summed E-state index contributed by atoms with van der Waals surface area (Å²) in [4.78, 5) is 22.7. The molecular weight excluding hydrogens is 318 g/mol. The number of aromatic carboxylic acids is 1. The highest BCUT2D eigenvalue weighted by molar-refractivity contribution is 7.92. The summed E-state index contributed by atoms with van der Waals surface area (Å²) in [6.45, 7) is 3.13. The molecule has 0 aromatic heterocycles. The number of sulfonamides is 1. The largest absolute Gasteiger partial charge is 0.478 e. The van der Waals surface area contributed by atoms with E-state index in [9.17, 15) is 23.1 Å². The van der Waals surface area contributed by atoms with Gasteiger partial charge in [-0.2, -0.15) is 0 Å². The smallest absolute Gasteiger partial charge is 0.337 e. The van der Waals surface area contributed by atoms with Crippen LogP contribution in [-0.4, -0.2) is 25.3 Å². The second-order valence-corrected chi connectivity index (χ2v) is 6.72. The number of hydrogen-bond donors (Lipinski definition) is 2. The van der Waals surface area contributed by atoms with Crippen LogP contribution in [0.15, 0.2) is 47.4 Å². The minimum Gasteiger partial charge on any atom is -0.478 e. The van der Waals surface area contributed by atoms with Crippen LogP contribution in [0.25, 0.3) is 0 Å². The third kappa shape index (κ3) is 3.75. The lowest BCUT2D eigenvalue weighted by molar-refractivity contribution is 0.0698. The first-order valence-corrected chi connectivity index (χ1v) is 8.17. The highest BCUT2D eigenvalue weighted by Gasteiger charge is 2.19. The van der Waals surface area contributed by atoms with Gasteiger partial charge in [0.25, 0.3) is 10.0 Å². The molecule has 0 amide bonds. The van der Waals surface area contributed by atoms with E-state index in [0.717, 1.165) is 11.6 Å². The third-order valence-electron chi connectivity index (χ3n) is 3.23. The molecule has 0 aliphatic heterocycles. The van der Waals surface area contributed by atoms with Crippen LogP contribution >= 0.6 is 0 Å². The molecule has 0 spiro atoms. The Morgan fingerprint density at radius 3 is 2.17 bits per heavy atom. The molecule has 0 radical (unpaired) electrons. The molecule has 0 fully saturated rings. The van der Waals surface area contributed by atoms with Gasteiger partial charge in [-0.25, -0.2) is 13.2 Å². The first kappa shape index (κ1) is 16.7. The molecule has 0 saturated heterocycles. The summed E-state index contributed by atoms with van der Waals surface area (Å²) in [6, 6.07) is 9.95. The van der Waals surface area contributed by atoms with Crippen molar-refractivity contribution in [1.29, 1.82) is 0 Å². The summed E-state index contributed by atoms with van der Waals surface area (Å²) in [7, 11) is -3.92. The van der Waals surface area contributed by atoms with Crippen LogP contribution < -0.4 is 4.72 Å². The van der Waals surface area contributed by atoms with Gasteiger partial charge in [0.2, 0.25) is 0 Å². The van der Waals surface area contributed by atoms with Crippen LogP contribution in [0.4, 0.5) is 5.69 Å². The molecule has 0 saturated carbocycles. The molecule has 2 N–H and O–H groups in total. The summed E-state index contributed by atoms with van der Waals surface area (Å²) in [5.74, 6) is -1.63. The van der Waals surface area contributed by atoms with Gasteiger partial charge in [0, 0.05) is 5.56 Å². The number of hydrogen-bond acceptors (Lipinski definition) is 4. The van der Waals surface area contributed by atoms with Gasteiger partial charge in [-0.15, -0.1) is 0 Å². The maximum atomic E-state index is 12.3. The summed E-state index contributed by atoms with van der Waals surface area (Å²) in [5, 5.41) is 9.23. The molecule has 0 aliphatic carbocycles. The molecule has 6 nitrogen and oxygen atoms in total. The molecule has 120 valence electrons. The normalized spacial score (nSPS) is 11.0. The van der Waals surface area contributed by atoms with E-state index in [-0.39, 0.29) is 27.5 Å². The van der Waals surface area contributed by atoms with Gasteiger partial charge >= 0.3 is 5.97 Å². The van der Waals surface area contributed by atoms with Gasteiger partial charge in [0.05, 0.1) is 16.1 Å². The summed E-state index contributed by atoms with van der Waals surface area (Å²) >= 11 is 0. The lowest BCUT2D eigenvalue weighted by Crippen LogP contribution is -2.16. The number of carboxylic acid groups (broad SMARTS) is 1. The molecule has 7 heteroatoms. The highest BCUT2D eigenvalue weighted by Crippen LogP contribution is 2.22. The number of carbonyl (C=O) groups excluding carboxylic acids is 1. The topological polar surface area (TPSA) is 101 Å². The fourth-order valence-electron chi connectivity index (χ4n) is 1.95. The molecule has 0 aliphatic rings. The average Bonchev–Trinajstić information content (AvgIpc) is 2.47. The number of aryl methyl sites for hydroxylation is 1. The number of nitrogens with one attached hydrogen (secondary N) is 1. The number of anilines is 1. The van der Waals surface area contributed by atoms with Gasteiger partial charge in [-0.1, -0.05) is 17.7 Å². The van der Waals surface area contributed by atoms with Crippen LogP contribution in [0.5, 0.6) is 0 Å². The van der Waals surface area contributed by atoms with E-state index in [1.807, 2.05) is 6.92 Å². The van der Waals surface area contributed by atoms with Crippen LogP contribution in [0, 0.1) is 6.92 Å². The zero-order valence-electron chi connectivity index (χ0n) is 12.5. The van der Waals surface area contributed by atoms with Crippen molar-refractivity contribution >= 4 is 27.5 Å². The third-order valence-corrected chi connectivity index (χ3v) is 4.61. The van der Waals surface area contributed by atoms with Crippen LogP contribution in [-0.2, 0) is 10.0 Å². The van der Waals surface area contributed by atoms with Crippen LogP contribution in [0.2, 0.25) is 0 Å². The van der Waals surface area contributed by atoms with E-state index in [4.69, 9.17) is 0 Å². The number of benzene rings is 2. The Bertz CT molecular complexity index is 870. The monoisotopic (exact) mass is 333 g/mol. The van der Waals surface area contributed by atoms with E-state index < -0.39 is 16.0 Å². The summed E-state index contributed by atoms with van der Waals surface area (Å²) < 4.78 is 26.9. The standard InChI is InChI=1S/C16H15NO5S/c1-10-3-6-13(7-4-10)23(21,22)17-15-8-5-12(11(2)18)9-14(15)16(19)20/h3-9,17H,1-2H3,(H,19,20). The Kier molecular flexibility index (Phi) is 4.51. The average molecular weight is 333 g/mol. The van der Waals surface area contributed by atoms with Crippen LogP contribution in [0.3, 0.4) is 0 Å². The lowest BCUT2D eigenvalue weighted by atomic mass is 10.1. The van der Waals surface area contributed by atoms with Gasteiger partial charge in [0.1, 0.15) is 0 Å². The maximum absolute atomic E-state index is 12.3. The number of carbonyl (C=O) groups is 2. The van der Waals surface area contributed by atoms with E-state index in [1.54, 1.807) is 12.1 Å². The Morgan fingerprint density at radius 1 is 1.04 bits per heavy atom. The van der Waals surface area contributed by atoms with Gasteiger partial charge in [-0.3, -0.25) is 9.52 Å². The molecule has 0 atom stereocenters. The quantitative estimate of drug-likeness (QED) is 0.819. The minimum atomic E-state index is -3.92. The van der Waals surface area contributed by atoms with Crippen molar-refractivity contribution in [3.8, 4) is 0 Å². The SMILES string of the molecule is CC(=O)c1ccc(NS(=O)(=O)c2ccc(C)cc2)c(C(=O)O)c1. The Hall–Kier alpha value is -2.67. The molecule has 2 aromatic rings. The molecular formula is C16H15NO5S. The van der Waals surface area contributed by atoms with E-state index in [2.05, 4.69) is 4.72 Å².